The van der Waals surface area contributed by atoms with Gasteiger partial charge in [0.25, 0.3) is 0 Å². The van der Waals surface area contributed by atoms with Crippen molar-refractivity contribution in [3.8, 4) is 0 Å². The summed E-state index contributed by atoms with van der Waals surface area (Å²) in [6, 6.07) is 0. The second kappa shape index (κ2) is 8.55. The van der Waals surface area contributed by atoms with Gasteiger partial charge in [-0.15, -0.1) is 0 Å². The van der Waals surface area contributed by atoms with E-state index in [0.29, 0.717) is 19.3 Å². The van der Waals surface area contributed by atoms with Crippen molar-refractivity contribution in [1.82, 2.24) is 0 Å². The molecule has 0 amide bonds. The van der Waals surface area contributed by atoms with Crippen molar-refractivity contribution >= 4 is 5.78 Å². The molecule has 2 aliphatic carbocycles. The zero-order valence-electron chi connectivity index (χ0n) is 17.6. The van der Waals surface area contributed by atoms with Crippen LogP contribution < -0.4 is 0 Å². The van der Waals surface area contributed by atoms with Crippen LogP contribution in [0.5, 0.6) is 0 Å². The maximum Gasteiger partial charge on any atom is 0.186 e. The lowest BCUT2D eigenvalue weighted by molar-refractivity contribution is -0.309. The average molecular weight is 430 g/mol. The van der Waals surface area contributed by atoms with Gasteiger partial charge in [-0.1, -0.05) is 19.4 Å². The molecule has 1 heterocycles. The van der Waals surface area contributed by atoms with E-state index in [1.165, 1.54) is 6.92 Å². The van der Waals surface area contributed by atoms with E-state index in [1.54, 1.807) is 6.08 Å². The Morgan fingerprint density at radius 2 is 1.90 bits per heavy atom. The first-order chi connectivity index (χ1) is 13.9. The summed E-state index contributed by atoms with van der Waals surface area (Å²) in [7, 11) is 0. The molecule has 0 aromatic rings. The van der Waals surface area contributed by atoms with Gasteiger partial charge in [-0.25, -0.2) is 0 Å². The first-order valence-electron chi connectivity index (χ1n) is 10.5. The lowest BCUT2D eigenvalue weighted by atomic mass is 9.56. The fourth-order valence-corrected chi connectivity index (χ4v) is 4.99. The number of carbonyl (C=O) groups excluding carboxylic acids is 1. The minimum Gasteiger partial charge on any atom is -0.394 e. The molecule has 0 aromatic carbocycles. The van der Waals surface area contributed by atoms with Crippen LogP contribution >= 0.6 is 0 Å². The molecule has 0 unspecified atom stereocenters. The summed E-state index contributed by atoms with van der Waals surface area (Å²) >= 11 is 0. The average Bonchev–Trinajstić information content (AvgIpc) is 2.70. The zero-order chi connectivity index (χ0) is 22.4. The van der Waals surface area contributed by atoms with E-state index < -0.39 is 60.4 Å². The van der Waals surface area contributed by atoms with Crippen molar-refractivity contribution in [2.75, 3.05) is 13.2 Å². The van der Waals surface area contributed by atoms with Crippen LogP contribution in [-0.2, 0) is 14.3 Å². The molecule has 0 bridgehead atoms. The number of hydrogen-bond acceptors (Lipinski definition) is 9. The molecule has 0 radical (unpaired) electrons. The van der Waals surface area contributed by atoms with E-state index in [9.17, 15) is 35.4 Å². The molecule has 172 valence electrons. The number of carbonyl (C=O) groups is 1. The van der Waals surface area contributed by atoms with Crippen LogP contribution in [0.1, 0.15) is 40.0 Å². The van der Waals surface area contributed by atoms with Gasteiger partial charge in [-0.2, -0.15) is 0 Å². The summed E-state index contributed by atoms with van der Waals surface area (Å²) in [4.78, 5) is 12.8. The van der Waals surface area contributed by atoms with Gasteiger partial charge < -0.3 is 40.1 Å². The minimum atomic E-state index is -1.61. The Balaban J connectivity index is 1.72. The van der Waals surface area contributed by atoms with E-state index in [0.717, 1.165) is 5.57 Å². The number of fused-ring (bicyclic) bond motifs is 1. The summed E-state index contributed by atoms with van der Waals surface area (Å²) in [6.07, 6.45) is -4.48. The first-order valence-corrected chi connectivity index (χ1v) is 10.5. The monoisotopic (exact) mass is 430 g/mol. The summed E-state index contributed by atoms with van der Waals surface area (Å²) in [5.74, 6) is -1.08. The van der Waals surface area contributed by atoms with E-state index in [4.69, 9.17) is 9.47 Å². The molecule has 6 N–H and O–H groups in total. The van der Waals surface area contributed by atoms with E-state index in [1.807, 2.05) is 13.8 Å². The van der Waals surface area contributed by atoms with Gasteiger partial charge in [-0.3, -0.25) is 4.79 Å². The molecule has 9 nitrogen and oxygen atoms in total. The zero-order valence-corrected chi connectivity index (χ0v) is 17.6. The number of ether oxygens (including phenoxy) is 2. The van der Waals surface area contributed by atoms with Gasteiger partial charge in [0.05, 0.1) is 30.8 Å². The van der Waals surface area contributed by atoms with Crippen LogP contribution in [0, 0.1) is 17.3 Å². The molecule has 1 saturated heterocycles. The maximum absolute atomic E-state index is 12.8. The Hall–Kier alpha value is -0.910. The summed E-state index contributed by atoms with van der Waals surface area (Å²) < 4.78 is 10.8. The lowest BCUT2D eigenvalue weighted by Crippen LogP contribution is -2.60. The topological polar surface area (TPSA) is 157 Å². The van der Waals surface area contributed by atoms with Crippen molar-refractivity contribution in [2.24, 2.45) is 17.3 Å². The highest BCUT2D eigenvalue weighted by atomic mass is 16.7. The van der Waals surface area contributed by atoms with Crippen LogP contribution in [0.15, 0.2) is 11.6 Å². The fraction of sp³-hybridized carbons (Fsp3) is 0.857. The van der Waals surface area contributed by atoms with Crippen molar-refractivity contribution in [3.63, 3.8) is 0 Å². The third kappa shape index (κ3) is 4.10. The van der Waals surface area contributed by atoms with Gasteiger partial charge in [0.1, 0.15) is 24.4 Å². The molecule has 3 aliphatic rings. The lowest BCUT2D eigenvalue weighted by Gasteiger charge is -2.50. The highest BCUT2D eigenvalue weighted by Crippen LogP contribution is 2.53. The molecule has 2 fully saturated rings. The van der Waals surface area contributed by atoms with Gasteiger partial charge in [0, 0.05) is 0 Å². The third-order valence-electron chi connectivity index (χ3n) is 7.45. The predicted octanol–water partition coefficient (Wildman–Crippen LogP) is -1.13. The number of ketones is 1. The number of aliphatic hydroxyl groups is 6. The smallest absolute Gasteiger partial charge is 0.186 e. The van der Waals surface area contributed by atoms with E-state index in [-0.39, 0.29) is 18.3 Å². The van der Waals surface area contributed by atoms with Crippen LogP contribution in [0.25, 0.3) is 0 Å². The van der Waals surface area contributed by atoms with Crippen LogP contribution in [-0.4, -0.2) is 92.0 Å². The minimum absolute atomic E-state index is 0.0738. The molecule has 9 heteroatoms. The Labute approximate surface area is 175 Å². The summed E-state index contributed by atoms with van der Waals surface area (Å²) in [5, 5.41) is 60.5. The van der Waals surface area contributed by atoms with Gasteiger partial charge in [0.15, 0.2) is 12.1 Å². The standard InChI is InChI=1S/C21H34O9/c1-10-13(23)5-4-11-6-14(24)12(7-20(10,11)2)21(3,28)9-29-19-18(27)17(26)16(25)15(8-22)30-19/h6,10,12-13,15-19,22-23,25-28H,4-5,7-9H2,1-3H3/t10-,12+,13+,15+,16+,17-,18+,19+,20+,21-/m0/s1. The highest BCUT2D eigenvalue weighted by Gasteiger charge is 2.52. The third-order valence-corrected chi connectivity index (χ3v) is 7.45. The van der Waals surface area contributed by atoms with Gasteiger partial charge in [-0.05, 0) is 43.6 Å². The molecular weight excluding hydrogens is 396 g/mol. The molecule has 1 aliphatic heterocycles. The van der Waals surface area contributed by atoms with Crippen molar-refractivity contribution in [2.45, 2.75) is 82.4 Å². The molecule has 30 heavy (non-hydrogen) atoms. The number of allylic oxidation sites excluding steroid dienone is 2. The number of hydrogen-bond donors (Lipinski definition) is 6. The van der Waals surface area contributed by atoms with E-state index >= 15 is 0 Å². The molecule has 0 aromatic heterocycles. The molecule has 0 spiro atoms. The van der Waals surface area contributed by atoms with Crippen molar-refractivity contribution < 1.29 is 44.9 Å². The molecule has 10 atom stereocenters. The second-order valence-electron chi connectivity index (χ2n) is 9.51. The van der Waals surface area contributed by atoms with Crippen LogP contribution in [0.3, 0.4) is 0 Å². The Kier molecular flexibility index (Phi) is 6.77. The second-order valence-corrected chi connectivity index (χ2v) is 9.51. The largest absolute Gasteiger partial charge is 0.394 e. The van der Waals surface area contributed by atoms with E-state index in [2.05, 4.69) is 0 Å². The Morgan fingerprint density at radius 1 is 1.23 bits per heavy atom. The predicted molar refractivity (Wildman–Crippen MR) is 104 cm³/mol. The first kappa shape index (κ1) is 23.7. The normalized spacial score (nSPS) is 46.7. The van der Waals surface area contributed by atoms with Crippen molar-refractivity contribution in [3.05, 3.63) is 11.6 Å². The number of rotatable bonds is 5. The molecular formula is C21H34O9. The highest BCUT2D eigenvalue weighted by molar-refractivity contribution is 5.94. The maximum atomic E-state index is 12.8. The molecule has 3 rings (SSSR count). The molecule has 1 saturated carbocycles. The SMILES string of the molecule is C[C@H]1[C@H](O)CCC2=CC(=O)[C@H]([C@@](C)(O)CO[C@@H]3O[C@H](CO)[C@@H](O)[C@H](O)[C@H]3O)C[C@@]21C. The number of aliphatic hydroxyl groups excluding tert-OH is 5. The Bertz CT molecular complexity index is 675. The van der Waals surface area contributed by atoms with Crippen LogP contribution in [0.2, 0.25) is 0 Å². The van der Waals surface area contributed by atoms with Gasteiger partial charge >= 0.3 is 0 Å². The van der Waals surface area contributed by atoms with Gasteiger partial charge in [0.2, 0.25) is 0 Å². The van der Waals surface area contributed by atoms with Crippen molar-refractivity contribution in [1.29, 1.82) is 0 Å². The summed E-state index contributed by atoms with van der Waals surface area (Å²) in [6.45, 7) is 4.45. The fourth-order valence-electron chi connectivity index (χ4n) is 4.99. The quantitative estimate of drug-likeness (QED) is 0.317. The Morgan fingerprint density at radius 3 is 2.53 bits per heavy atom. The summed E-state index contributed by atoms with van der Waals surface area (Å²) in [5.41, 5.74) is -1.04. The van der Waals surface area contributed by atoms with Crippen LogP contribution in [0.4, 0.5) is 0 Å².